The molecule has 0 fully saturated rings. The van der Waals surface area contributed by atoms with Crippen LogP contribution in [0, 0.1) is 6.92 Å². The van der Waals surface area contributed by atoms with Crippen LogP contribution < -0.4 is 15.4 Å². The number of carbonyl (C=O) groups is 1. The molecule has 146 valence electrons. The van der Waals surface area contributed by atoms with E-state index in [0.717, 1.165) is 5.69 Å². The van der Waals surface area contributed by atoms with Crippen LogP contribution >= 0.6 is 12.2 Å². The van der Waals surface area contributed by atoms with Crippen molar-refractivity contribution in [1.29, 1.82) is 0 Å². The Kier molecular flexibility index (Phi) is 6.27. The van der Waals surface area contributed by atoms with Gasteiger partial charge in [-0.05, 0) is 62.3 Å². The Balaban J connectivity index is 2.18. The van der Waals surface area contributed by atoms with Crippen LogP contribution in [-0.4, -0.2) is 31.5 Å². The number of aromatic nitrogens is 1. The molecule has 2 rings (SSSR count). The smallest absolute Gasteiger partial charge is 0.263 e. The molecule has 2 aromatic rings. The van der Waals surface area contributed by atoms with Crippen molar-refractivity contribution in [3.05, 3.63) is 53.3 Å². The third-order valence-corrected chi connectivity index (χ3v) is 6.01. The van der Waals surface area contributed by atoms with Crippen molar-refractivity contribution < 1.29 is 13.2 Å². The number of aryl methyl sites for hydroxylation is 1. The number of benzene rings is 1. The van der Waals surface area contributed by atoms with Gasteiger partial charge in [-0.1, -0.05) is 12.1 Å². The molecule has 1 aromatic heterocycles. The van der Waals surface area contributed by atoms with Crippen molar-refractivity contribution >= 4 is 33.3 Å². The molecule has 0 aliphatic carbocycles. The highest BCUT2D eigenvalue weighted by Gasteiger charge is 2.24. The van der Waals surface area contributed by atoms with E-state index in [4.69, 9.17) is 12.2 Å². The van der Waals surface area contributed by atoms with E-state index in [0.29, 0.717) is 11.1 Å². The number of aromatic amines is 1. The number of carbonyl (C=O) groups excluding carboxylic acids is 1. The SMILES string of the molecule is CNC(=S)NS(=O)(=O)c1cc(CC(=O)NC(C)(C)c2ccc[nH]2)ccc1C. The molecule has 9 heteroatoms. The van der Waals surface area contributed by atoms with E-state index in [1.165, 1.54) is 13.1 Å². The second kappa shape index (κ2) is 8.10. The van der Waals surface area contributed by atoms with Crippen LogP contribution in [0.25, 0.3) is 0 Å². The molecule has 0 saturated heterocycles. The van der Waals surface area contributed by atoms with E-state index < -0.39 is 15.6 Å². The first-order valence-electron chi connectivity index (χ1n) is 8.34. The Hall–Kier alpha value is -2.39. The first kappa shape index (κ1) is 20.9. The minimum absolute atomic E-state index is 0.00486. The van der Waals surface area contributed by atoms with Crippen LogP contribution in [0.2, 0.25) is 0 Å². The van der Waals surface area contributed by atoms with Gasteiger partial charge in [-0.25, -0.2) is 8.42 Å². The monoisotopic (exact) mass is 408 g/mol. The van der Waals surface area contributed by atoms with E-state index >= 15 is 0 Å². The van der Waals surface area contributed by atoms with Crippen molar-refractivity contribution in [2.45, 2.75) is 37.6 Å². The number of hydrogen-bond donors (Lipinski definition) is 4. The third kappa shape index (κ3) is 5.30. The van der Waals surface area contributed by atoms with Gasteiger partial charge in [0.2, 0.25) is 5.91 Å². The van der Waals surface area contributed by atoms with Crippen molar-refractivity contribution in [2.24, 2.45) is 0 Å². The summed E-state index contributed by atoms with van der Waals surface area (Å²) in [6.45, 7) is 5.48. The van der Waals surface area contributed by atoms with E-state index in [1.54, 1.807) is 25.3 Å². The van der Waals surface area contributed by atoms with Gasteiger partial charge in [0.15, 0.2) is 5.11 Å². The summed E-state index contributed by atoms with van der Waals surface area (Å²) in [4.78, 5) is 15.7. The maximum atomic E-state index is 12.5. The molecule has 0 aliphatic heterocycles. The lowest BCUT2D eigenvalue weighted by atomic mass is 10.00. The highest BCUT2D eigenvalue weighted by atomic mass is 32.2. The Morgan fingerprint density at radius 3 is 2.56 bits per heavy atom. The summed E-state index contributed by atoms with van der Waals surface area (Å²) in [7, 11) is -2.29. The molecule has 0 spiro atoms. The van der Waals surface area contributed by atoms with Crippen LogP contribution in [0.5, 0.6) is 0 Å². The Morgan fingerprint density at radius 1 is 1.26 bits per heavy atom. The molecule has 1 heterocycles. The van der Waals surface area contributed by atoms with E-state index in [9.17, 15) is 13.2 Å². The van der Waals surface area contributed by atoms with Crippen LogP contribution in [-0.2, 0) is 26.8 Å². The topological polar surface area (TPSA) is 103 Å². The molecule has 0 radical (unpaired) electrons. The fourth-order valence-corrected chi connectivity index (χ4v) is 4.22. The molecule has 0 saturated carbocycles. The minimum atomic E-state index is -3.82. The summed E-state index contributed by atoms with van der Waals surface area (Å²) >= 11 is 4.88. The standard InChI is InChI=1S/C18H24N4O3S2/c1-12-7-8-13(10-14(12)27(24,25)22-17(26)19-4)11-16(23)21-18(2,3)15-6-5-9-20-15/h5-10,20H,11H2,1-4H3,(H,21,23)(H2,19,22,26). The van der Waals surface area contributed by atoms with Gasteiger partial charge in [-0.2, -0.15) is 0 Å². The van der Waals surface area contributed by atoms with Crippen LogP contribution in [0.15, 0.2) is 41.4 Å². The molecule has 1 amide bonds. The van der Waals surface area contributed by atoms with Crippen molar-refractivity contribution in [3.8, 4) is 0 Å². The summed E-state index contributed by atoms with van der Waals surface area (Å²) in [5.41, 5.74) is 1.47. The number of amides is 1. The minimum Gasteiger partial charge on any atom is -0.365 e. The summed E-state index contributed by atoms with van der Waals surface area (Å²) in [5, 5.41) is 5.53. The third-order valence-electron chi connectivity index (χ3n) is 4.08. The maximum Gasteiger partial charge on any atom is 0.263 e. The van der Waals surface area contributed by atoms with Gasteiger partial charge in [0.25, 0.3) is 10.0 Å². The van der Waals surface area contributed by atoms with Gasteiger partial charge in [-0.15, -0.1) is 0 Å². The van der Waals surface area contributed by atoms with Gasteiger partial charge in [0.1, 0.15) is 0 Å². The zero-order valence-corrected chi connectivity index (χ0v) is 17.3. The second-order valence-electron chi connectivity index (χ2n) is 6.72. The van der Waals surface area contributed by atoms with Crippen molar-refractivity contribution in [3.63, 3.8) is 0 Å². The van der Waals surface area contributed by atoms with Crippen LogP contribution in [0.1, 0.15) is 30.7 Å². The molecule has 7 nitrogen and oxygen atoms in total. The predicted octanol–water partition coefficient (Wildman–Crippen LogP) is 1.70. The largest absolute Gasteiger partial charge is 0.365 e. The molecule has 0 bridgehead atoms. The maximum absolute atomic E-state index is 12.5. The molecule has 1 aromatic carbocycles. The zero-order chi connectivity index (χ0) is 20.2. The number of nitrogens with one attached hydrogen (secondary N) is 4. The highest BCUT2D eigenvalue weighted by Crippen LogP contribution is 2.20. The molecule has 0 aliphatic rings. The second-order valence-corrected chi connectivity index (χ2v) is 8.78. The quantitative estimate of drug-likeness (QED) is 0.545. The van der Waals surface area contributed by atoms with Crippen molar-refractivity contribution in [2.75, 3.05) is 7.05 Å². The zero-order valence-electron chi connectivity index (χ0n) is 15.7. The van der Waals surface area contributed by atoms with Gasteiger partial charge in [-0.3, -0.25) is 9.52 Å². The Labute approximate surface area is 165 Å². The summed E-state index contributed by atoms with van der Waals surface area (Å²) < 4.78 is 27.3. The highest BCUT2D eigenvalue weighted by molar-refractivity contribution is 7.91. The number of rotatable bonds is 6. The lowest BCUT2D eigenvalue weighted by Gasteiger charge is -2.25. The van der Waals surface area contributed by atoms with E-state index in [2.05, 4.69) is 20.3 Å². The number of thiocarbonyl (C=S) groups is 1. The van der Waals surface area contributed by atoms with Gasteiger partial charge in [0, 0.05) is 18.9 Å². The predicted molar refractivity (Wildman–Crippen MR) is 109 cm³/mol. The van der Waals surface area contributed by atoms with Gasteiger partial charge < -0.3 is 15.6 Å². The summed E-state index contributed by atoms with van der Waals surface area (Å²) in [6, 6.07) is 8.68. The average molecular weight is 409 g/mol. The number of sulfonamides is 1. The lowest BCUT2D eigenvalue weighted by molar-refractivity contribution is -0.122. The number of hydrogen-bond acceptors (Lipinski definition) is 4. The Morgan fingerprint density at radius 2 is 1.96 bits per heavy atom. The molecular weight excluding hydrogens is 384 g/mol. The average Bonchev–Trinajstić information content (AvgIpc) is 3.11. The normalized spacial score (nSPS) is 11.7. The molecular formula is C18H24N4O3S2. The van der Waals surface area contributed by atoms with E-state index in [-0.39, 0.29) is 22.3 Å². The Bertz CT molecular complexity index is 936. The summed E-state index contributed by atoms with van der Waals surface area (Å²) in [5.74, 6) is -0.208. The molecule has 0 atom stereocenters. The fraction of sp³-hybridized carbons (Fsp3) is 0.333. The first-order valence-corrected chi connectivity index (χ1v) is 10.2. The van der Waals surface area contributed by atoms with E-state index in [1.807, 2.05) is 26.0 Å². The first-order chi connectivity index (χ1) is 12.5. The van der Waals surface area contributed by atoms with Gasteiger partial charge in [0.05, 0.1) is 16.9 Å². The molecule has 27 heavy (non-hydrogen) atoms. The molecule has 4 N–H and O–H groups in total. The fourth-order valence-electron chi connectivity index (χ4n) is 2.64. The van der Waals surface area contributed by atoms with Crippen LogP contribution in [0.4, 0.5) is 0 Å². The lowest BCUT2D eigenvalue weighted by Crippen LogP contribution is -2.42. The molecule has 0 unspecified atom stereocenters. The van der Waals surface area contributed by atoms with Crippen LogP contribution in [0.3, 0.4) is 0 Å². The van der Waals surface area contributed by atoms with Crippen molar-refractivity contribution in [1.82, 2.24) is 20.3 Å². The van der Waals surface area contributed by atoms with Gasteiger partial charge >= 0.3 is 0 Å². The summed E-state index contributed by atoms with van der Waals surface area (Å²) in [6.07, 6.45) is 1.85. The number of H-pyrrole nitrogens is 1.